The number of morpholine rings is 1. The average Bonchev–Trinajstić information content (AvgIpc) is 3.47. The summed E-state index contributed by atoms with van der Waals surface area (Å²) in [4.78, 5) is 47.0. The van der Waals surface area contributed by atoms with Gasteiger partial charge in [-0.25, -0.2) is 4.98 Å². The molecule has 4 aromatic rings. The second-order valence-corrected chi connectivity index (χ2v) is 10.6. The van der Waals surface area contributed by atoms with Crippen LogP contribution in [0.2, 0.25) is 0 Å². The quantitative estimate of drug-likeness (QED) is 0.349. The molecule has 6 rings (SSSR count). The first-order valence-corrected chi connectivity index (χ1v) is 14.0. The van der Waals surface area contributed by atoms with Crippen molar-refractivity contribution in [3.63, 3.8) is 0 Å². The molecule has 1 N–H and O–H groups in total. The Labute approximate surface area is 250 Å². The number of amides is 2. The Bertz CT molecular complexity index is 1780. The Hall–Kier alpha value is -4.97. The second-order valence-electron chi connectivity index (χ2n) is 10.6. The number of rotatable bonds is 5. The number of halogens is 3. The zero-order chi connectivity index (χ0) is 31.0. The summed E-state index contributed by atoms with van der Waals surface area (Å²) in [6.45, 7) is 2.44. The molecule has 1 fully saturated rings. The number of nitrogens with zero attached hydrogens (tertiary/aromatic N) is 4. The fourth-order valence-corrected chi connectivity index (χ4v) is 5.44. The molecule has 9 nitrogen and oxygen atoms in total. The van der Waals surface area contributed by atoms with Gasteiger partial charge in [0.1, 0.15) is 0 Å². The molecule has 1 saturated heterocycles. The third kappa shape index (κ3) is 5.68. The lowest BCUT2D eigenvalue weighted by Crippen LogP contribution is -2.40. The number of anilines is 3. The van der Waals surface area contributed by atoms with E-state index in [1.165, 1.54) is 16.7 Å². The Morgan fingerprint density at radius 1 is 0.886 bits per heavy atom. The zero-order valence-corrected chi connectivity index (χ0v) is 23.7. The molecule has 0 spiro atoms. The summed E-state index contributed by atoms with van der Waals surface area (Å²) in [6, 6.07) is 16.4. The van der Waals surface area contributed by atoms with Crippen LogP contribution in [-0.4, -0.2) is 59.1 Å². The SMILES string of the molecule is Cn1cc(-c2cccc3c2CCN3C(=O)c2ccc(C(F)(F)F)cc2)nc(Nc2ccc(C(=O)N3CCOCC3)cc2)c1=O. The molecular weight excluding hydrogens is 575 g/mol. The van der Waals surface area contributed by atoms with Crippen molar-refractivity contribution in [3.8, 4) is 11.3 Å². The number of aromatic nitrogens is 2. The van der Waals surface area contributed by atoms with Gasteiger partial charge in [0.05, 0.1) is 24.5 Å². The highest BCUT2D eigenvalue weighted by Crippen LogP contribution is 2.37. The smallest absolute Gasteiger partial charge is 0.378 e. The summed E-state index contributed by atoms with van der Waals surface area (Å²) in [5, 5.41) is 3.07. The first-order valence-electron chi connectivity index (χ1n) is 14.0. The number of nitrogens with one attached hydrogen (secondary N) is 1. The van der Waals surface area contributed by atoms with Crippen LogP contribution >= 0.6 is 0 Å². The molecule has 0 radical (unpaired) electrons. The van der Waals surface area contributed by atoms with Gasteiger partial charge in [0.15, 0.2) is 5.82 Å². The van der Waals surface area contributed by atoms with E-state index in [2.05, 4.69) is 10.3 Å². The molecule has 2 aliphatic rings. The van der Waals surface area contributed by atoms with E-state index in [0.29, 0.717) is 61.9 Å². The number of hydrogen-bond donors (Lipinski definition) is 1. The van der Waals surface area contributed by atoms with E-state index < -0.39 is 17.6 Å². The van der Waals surface area contributed by atoms with Gasteiger partial charge >= 0.3 is 6.18 Å². The van der Waals surface area contributed by atoms with Crippen molar-refractivity contribution in [2.24, 2.45) is 7.05 Å². The van der Waals surface area contributed by atoms with E-state index in [1.54, 1.807) is 59.4 Å². The summed E-state index contributed by atoms with van der Waals surface area (Å²) in [6.07, 6.45) is -2.36. The minimum Gasteiger partial charge on any atom is -0.378 e. The van der Waals surface area contributed by atoms with Gasteiger partial charge in [-0.15, -0.1) is 0 Å². The van der Waals surface area contributed by atoms with Gasteiger partial charge in [-0.2, -0.15) is 13.2 Å². The van der Waals surface area contributed by atoms with Crippen LogP contribution in [0.3, 0.4) is 0 Å². The van der Waals surface area contributed by atoms with Crippen LogP contribution in [0.5, 0.6) is 0 Å². The predicted molar refractivity (Wildman–Crippen MR) is 158 cm³/mol. The second kappa shape index (κ2) is 11.6. The number of fused-ring (bicyclic) bond motifs is 1. The Kier molecular flexibility index (Phi) is 7.68. The molecule has 2 aliphatic heterocycles. The fraction of sp³-hybridized carbons (Fsp3) is 0.250. The number of carbonyl (C=O) groups is 2. The van der Waals surface area contributed by atoms with Crippen molar-refractivity contribution in [3.05, 3.63) is 106 Å². The van der Waals surface area contributed by atoms with Gasteiger partial charge in [0, 0.05) is 60.9 Å². The highest BCUT2D eigenvalue weighted by atomic mass is 19.4. The standard InChI is InChI=1S/C32H28F3N5O4/c1-38-19-26(37-28(31(38)43)36-23-11-7-20(8-12-23)29(41)39-15-17-44-18-16-39)24-3-2-4-27-25(24)13-14-40(27)30(42)21-5-9-22(10-6-21)32(33,34)35/h2-12,19H,13-18H2,1H3,(H,36,37). The maximum absolute atomic E-state index is 13.3. The van der Waals surface area contributed by atoms with E-state index in [4.69, 9.17) is 4.74 Å². The van der Waals surface area contributed by atoms with Gasteiger partial charge in [0.2, 0.25) is 0 Å². The minimum absolute atomic E-state index is 0.0836. The molecule has 226 valence electrons. The van der Waals surface area contributed by atoms with Crippen LogP contribution in [0, 0.1) is 0 Å². The monoisotopic (exact) mass is 603 g/mol. The van der Waals surface area contributed by atoms with Gasteiger partial charge in [-0.05, 0) is 66.6 Å². The number of alkyl halides is 3. The number of carbonyl (C=O) groups excluding carboxylic acids is 2. The normalized spacial score (nSPS) is 14.8. The maximum Gasteiger partial charge on any atom is 0.416 e. The van der Waals surface area contributed by atoms with Gasteiger partial charge in [-0.1, -0.05) is 12.1 Å². The maximum atomic E-state index is 13.3. The van der Waals surface area contributed by atoms with Crippen LogP contribution in [-0.2, 0) is 24.4 Å². The number of benzene rings is 3. The first kappa shape index (κ1) is 29.1. The van der Waals surface area contributed by atoms with Crippen molar-refractivity contribution in [2.45, 2.75) is 12.6 Å². The van der Waals surface area contributed by atoms with Gasteiger partial charge in [0.25, 0.3) is 17.4 Å². The van der Waals surface area contributed by atoms with Crippen LogP contribution in [0.4, 0.5) is 30.4 Å². The molecule has 0 bridgehead atoms. The topological polar surface area (TPSA) is 96.8 Å². The van der Waals surface area contributed by atoms with Crippen LogP contribution in [0.25, 0.3) is 11.3 Å². The van der Waals surface area contributed by atoms with Gasteiger partial charge < -0.3 is 24.4 Å². The van der Waals surface area contributed by atoms with Gasteiger partial charge in [-0.3, -0.25) is 14.4 Å². The van der Waals surface area contributed by atoms with Crippen molar-refractivity contribution in [1.29, 1.82) is 0 Å². The van der Waals surface area contributed by atoms with E-state index in [1.807, 2.05) is 6.07 Å². The van der Waals surface area contributed by atoms with Crippen LogP contribution in [0.15, 0.2) is 77.7 Å². The van der Waals surface area contributed by atoms with Crippen molar-refractivity contribution in [2.75, 3.05) is 43.1 Å². The first-order chi connectivity index (χ1) is 21.1. The lowest BCUT2D eigenvalue weighted by Gasteiger charge is -2.26. The summed E-state index contributed by atoms with van der Waals surface area (Å²) >= 11 is 0. The lowest BCUT2D eigenvalue weighted by atomic mass is 10.0. The van der Waals surface area contributed by atoms with Crippen molar-refractivity contribution in [1.82, 2.24) is 14.5 Å². The molecule has 0 atom stereocenters. The molecule has 0 unspecified atom stereocenters. The Balaban J connectivity index is 1.24. The molecule has 1 aromatic heterocycles. The summed E-state index contributed by atoms with van der Waals surface area (Å²) in [5.74, 6) is -0.397. The van der Waals surface area contributed by atoms with E-state index in [-0.39, 0.29) is 22.8 Å². The fourth-order valence-electron chi connectivity index (χ4n) is 5.44. The molecule has 3 aromatic carbocycles. The largest absolute Gasteiger partial charge is 0.416 e. The molecule has 44 heavy (non-hydrogen) atoms. The summed E-state index contributed by atoms with van der Waals surface area (Å²) < 4.78 is 45.7. The van der Waals surface area contributed by atoms with Crippen LogP contribution < -0.4 is 15.8 Å². The van der Waals surface area contributed by atoms with Crippen LogP contribution in [0.1, 0.15) is 31.8 Å². The van der Waals surface area contributed by atoms with E-state index >= 15 is 0 Å². The molecule has 3 heterocycles. The zero-order valence-electron chi connectivity index (χ0n) is 23.7. The number of hydrogen-bond acceptors (Lipinski definition) is 6. The molecule has 2 amide bonds. The third-order valence-corrected chi connectivity index (χ3v) is 7.77. The number of aryl methyl sites for hydroxylation is 1. The Morgan fingerprint density at radius 3 is 2.23 bits per heavy atom. The average molecular weight is 604 g/mol. The molecular formula is C32H28F3N5O4. The highest BCUT2D eigenvalue weighted by Gasteiger charge is 2.32. The van der Waals surface area contributed by atoms with E-state index in [9.17, 15) is 27.6 Å². The summed E-state index contributed by atoms with van der Waals surface area (Å²) in [7, 11) is 1.62. The van der Waals surface area contributed by atoms with E-state index in [0.717, 1.165) is 23.3 Å². The minimum atomic E-state index is -4.49. The highest BCUT2D eigenvalue weighted by molar-refractivity contribution is 6.08. The lowest BCUT2D eigenvalue weighted by molar-refractivity contribution is -0.137. The predicted octanol–water partition coefficient (Wildman–Crippen LogP) is 4.89. The Morgan fingerprint density at radius 2 is 1.55 bits per heavy atom. The van der Waals surface area contributed by atoms with Crippen molar-refractivity contribution >= 4 is 29.0 Å². The molecule has 0 aliphatic carbocycles. The molecule has 12 heteroatoms. The van der Waals surface area contributed by atoms with Crippen molar-refractivity contribution < 1.29 is 27.5 Å². The molecule has 0 saturated carbocycles. The summed E-state index contributed by atoms with van der Waals surface area (Å²) in [5.41, 5.74) is 2.81. The number of ether oxygens (including phenoxy) is 1. The third-order valence-electron chi connectivity index (χ3n) is 7.77.